The second kappa shape index (κ2) is 5.24. The molecular formula is C11H15ClO3. The summed E-state index contributed by atoms with van der Waals surface area (Å²) in [4.78, 5) is 0. The first-order chi connectivity index (χ1) is 7.08. The summed E-state index contributed by atoms with van der Waals surface area (Å²) in [7, 11) is 1.54. The fourth-order valence-electron chi connectivity index (χ4n) is 1.21. The fourth-order valence-corrected chi connectivity index (χ4v) is 1.49. The van der Waals surface area contributed by atoms with Gasteiger partial charge in [0, 0.05) is 0 Å². The van der Waals surface area contributed by atoms with Crippen molar-refractivity contribution in [2.75, 3.05) is 7.11 Å². The number of rotatable bonds is 4. The van der Waals surface area contributed by atoms with Crippen molar-refractivity contribution >= 4 is 11.6 Å². The van der Waals surface area contributed by atoms with Gasteiger partial charge in [-0.15, -0.1) is 0 Å². The summed E-state index contributed by atoms with van der Waals surface area (Å²) in [6.45, 7) is 3.75. The molecule has 0 amide bonds. The van der Waals surface area contributed by atoms with Crippen LogP contribution in [0.3, 0.4) is 0 Å². The van der Waals surface area contributed by atoms with Crippen molar-refractivity contribution in [2.45, 2.75) is 26.6 Å². The van der Waals surface area contributed by atoms with Crippen LogP contribution < -0.4 is 9.47 Å². The lowest BCUT2D eigenvalue weighted by molar-refractivity contribution is 0.229. The Morgan fingerprint density at radius 2 is 2.07 bits per heavy atom. The van der Waals surface area contributed by atoms with Gasteiger partial charge in [0.05, 0.1) is 24.8 Å². The number of hydrogen-bond acceptors (Lipinski definition) is 3. The minimum absolute atomic E-state index is 0.0244. The van der Waals surface area contributed by atoms with Gasteiger partial charge in [0.15, 0.2) is 11.5 Å². The molecule has 1 aromatic carbocycles. The molecule has 0 aliphatic carbocycles. The van der Waals surface area contributed by atoms with Crippen molar-refractivity contribution in [3.8, 4) is 11.5 Å². The second-order valence-electron chi connectivity index (χ2n) is 3.43. The number of methoxy groups -OCH3 is 1. The van der Waals surface area contributed by atoms with Gasteiger partial charge < -0.3 is 14.6 Å². The summed E-state index contributed by atoms with van der Waals surface area (Å²) in [6, 6.07) is 3.38. The Balaban J connectivity index is 3.12. The average molecular weight is 231 g/mol. The zero-order valence-electron chi connectivity index (χ0n) is 9.08. The summed E-state index contributed by atoms with van der Waals surface area (Å²) in [5.74, 6) is 1.06. The molecule has 0 atom stereocenters. The molecule has 0 unspecified atom stereocenters. The highest BCUT2D eigenvalue weighted by molar-refractivity contribution is 6.32. The van der Waals surface area contributed by atoms with Gasteiger partial charge in [-0.3, -0.25) is 0 Å². The van der Waals surface area contributed by atoms with Gasteiger partial charge in [0.25, 0.3) is 0 Å². The predicted molar refractivity (Wildman–Crippen MR) is 59.7 cm³/mol. The van der Waals surface area contributed by atoms with E-state index in [0.717, 1.165) is 0 Å². The van der Waals surface area contributed by atoms with Gasteiger partial charge >= 0.3 is 0 Å². The van der Waals surface area contributed by atoms with E-state index in [0.29, 0.717) is 22.1 Å². The monoisotopic (exact) mass is 230 g/mol. The molecule has 0 saturated carbocycles. The van der Waals surface area contributed by atoms with E-state index in [1.807, 2.05) is 13.8 Å². The van der Waals surface area contributed by atoms with E-state index in [-0.39, 0.29) is 12.7 Å². The van der Waals surface area contributed by atoms with Crippen molar-refractivity contribution < 1.29 is 14.6 Å². The van der Waals surface area contributed by atoms with Gasteiger partial charge in [-0.25, -0.2) is 0 Å². The van der Waals surface area contributed by atoms with Crippen molar-refractivity contribution in [3.63, 3.8) is 0 Å². The van der Waals surface area contributed by atoms with Crippen molar-refractivity contribution in [1.82, 2.24) is 0 Å². The number of benzene rings is 1. The second-order valence-corrected chi connectivity index (χ2v) is 3.84. The molecule has 84 valence electrons. The maximum absolute atomic E-state index is 9.00. The molecule has 1 N–H and O–H groups in total. The Labute approximate surface area is 94.6 Å². The summed E-state index contributed by atoms with van der Waals surface area (Å²) < 4.78 is 10.7. The van der Waals surface area contributed by atoms with Crippen LogP contribution in [-0.2, 0) is 6.61 Å². The number of aliphatic hydroxyl groups is 1. The lowest BCUT2D eigenvalue weighted by atomic mass is 10.2. The molecule has 1 aromatic rings. The van der Waals surface area contributed by atoms with Crippen LogP contribution >= 0.6 is 11.6 Å². The zero-order valence-corrected chi connectivity index (χ0v) is 9.84. The van der Waals surface area contributed by atoms with Crippen molar-refractivity contribution in [3.05, 3.63) is 22.7 Å². The highest BCUT2D eigenvalue weighted by Crippen LogP contribution is 2.37. The topological polar surface area (TPSA) is 38.7 Å². The van der Waals surface area contributed by atoms with Crippen LogP contribution in [-0.4, -0.2) is 18.3 Å². The number of ether oxygens (including phenoxy) is 2. The van der Waals surface area contributed by atoms with E-state index in [4.69, 9.17) is 26.2 Å². The van der Waals surface area contributed by atoms with Crippen LogP contribution in [0.2, 0.25) is 5.02 Å². The quantitative estimate of drug-likeness (QED) is 0.864. The number of aliphatic hydroxyl groups excluding tert-OH is 1. The van der Waals surface area contributed by atoms with Crippen LogP contribution in [0.1, 0.15) is 19.4 Å². The lowest BCUT2D eigenvalue weighted by Crippen LogP contribution is -2.07. The number of halogens is 1. The van der Waals surface area contributed by atoms with E-state index in [9.17, 15) is 0 Å². The maximum Gasteiger partial charge on any atom is 0.180 e. The average Bonchev–Trinajstić information content (AvgIpc) is 2.20. The van der Waals surface area contributed by atoms with Crippen molar-refractivity contribution in [2.24, 2.45) is 0 Å². The molecule has 0 aromatic heterocycles. The zero-order chi connectivity index (χ0) is 11.4. The van der Waals surface area contributed by atoms with E-state index in [1.165, 1.54) is 0 Å². The molecule has 15 heavy (non-hydrogen) atoms. The lowest BCUT2D eigenvalue weighted by Gasteiger charge is -2.15. The highest BCUT2D eigenvalue weighted by Gasteiger charge is 2.12. The molecule has 0 spiro atoms. The van der Waals surface area contributed by atoms with Gasteiger partial charge in [-0.2, -0.15) is 0 Å². The van der Waals surface area contributed by atoms with Crippen molar-refractivity contribution in [1.29, 1.82) is 0 Å². The van der Waals surface area contributed by atoms with Gasteiger partial charge in [-0.05, 0) is 31.5 Å². The van der Waals surface area contributed by atoms with Crippen LogP contribution in [0.4, 0.5) is 0 Å². The van der Waals surface area contributed by atoms with E-state index in [2.05, 4.69) is 0 Å². The third kappa shape index (κ3) is 3.01. The summed E-state index contributed by atoms with van der Waals surface area (Å²) >= 11 is 6.02. The summed E-state index contributed by atoms with van der Waals surface area (Å²) in [6.07, 6.45) is 0.0244. The largest absolute Gasteiger partial charge is 0.493 e. The maximum atomic E-state index is 9.00. The van der Waals surface area contributed by atoms with Crippen LogP contribution in [0, 0.1) is 0 Å². The Morgan fingerprint density at radius 3 is 2.53 bits per heavy atom. The van der Waals surface area contributed by atoms with E-state index in [1.54, 1.807) is 19.2 Å². The third-order valence-electron chi connectivity index (χ3n) is 1.83. The predicted octanol–water partition coefficient (Wildman–Crippen LogP) is 2.63. The molecule has 0 saturated heterocycles. The van der Waals surface area contributed by atoms with E-state index >= 15 is 0 Å². The molecule has 0 aliphatic rings. The molecule has 1 rings (SSSR count). The molecule has 0 radical (unpaired) electrons. The standard InChI is InChI=1S/C11H15ClO3/c1-7(2)15-11-9(12)4-8(6-13)5-10(11)14-3/h4-5,7,13H,6H2,1-3H3. The molecule has 4 heteroatoms. The first-order valence-corrected chi connectivity index (χ1v) is 5.10. The van der Waals surface area contributed by atoms with Crippen LogP contribution in [0.25, 0.3) is 0 Å². The first kappa shape index (κ1) is 12.1. The normalized spacial score (nSPS) is 10.5. The summed E-state index contributed by atoms with van der Waals surface area (Å²) in [5, 5.41) is 9.45. The van der Waals surface area contributed by atoms with Gasteiger partial charge in [0.2, 0.25) is 0 Å². The van der Waals surface area contributed by atoms with Gasteiger partial charge in [0.1, 0.15) is 0 Å². The van der Waals surface area contributed by atoms with E-state index < -0.39 is 0 Å². The van der Waals surface area contributed by atoms with Crippen LogP contribution in [0.5, 0.6) is 11.5 Å². The SMILES string of the molecule is COc1cc(CO)cc(Cl)c1OC(C)C. The molecule has 0 aliphatic heterocycles. The minimum Gasteiger partial charge on any atom is -0.493 e. The number of hydrogen-bond donors (Lipinski definition) is 1. The Bertz CT molecular complexity index is 337. The smallest absolute Gasteiger partial charge is 0.180 e. The molecule has 0 fully saturated rings. The molecular weight excluding hydrogens is 216 g/mol. The Morgan fingerprint density at radius 1 is 1.40 bits per heavy atom. The molecule has 3 nitrogen and oxygen atoms in total. The summed E-state index contributed by atoms with van der Waals surface area (Å²) in [5.41, 5.74) is 0.702. The molecule has 0 bridgehead atoms. The minimum atomic E-state index is -0.0714. The fraction of sp³-hybridized carbons (Fsp3) is 0.455. The molecule has 0 heterocycles. The Hall–Kier alpha value is -0.930. The van der Waals surface area contributed by atoms with Gasteiger partial charge in [-0.1, -0.05) is 11.6 Å². The third-order valence-corrected chi connectivity index (χ3v) is 2.11. The first-order valence-electron chi connectivity index (χ1n) is 4.72. The van der Waals surface area contributed by atoms with Crippen LogP contribution in [0.15, 0.2) is 12.1 Å². The highest BCUT2D eigenvalue weighted by atomic mass is 35.5. The Kier molecular flexibility index (Phi) is 4.24.